The Bertz CT molecular complexity index is 658. The number of halogens is 1. The Kier molecular flexibility index (Phi) is 4.86. The molecular weight excluding hydrogens is 319 g/mol. The molecule has 2 rings (SSSR count). The smallest absolute Gasteiger partial charge is 0.258 e. The first-order chi connectivity index (χ1) is 9.54. The lowest BCUT2D eigenvalue weighted by Gasteiger charge is -2.18. The highest BCUT2D eigenvalue weighted by Crippen LogP contribution is 2.31. The number of rotatable bonds is 4. The maximum absolute atomic E-state index is 12.5. The van der Waals surface area contributed by atoms with Gasteiger partial charge in [-0.05, 0) is 28.4 Å². The van der Waals surface area contributed by atoms with E-state index in [4.69, 9.17) is 16.3 Å². The molecule has 20 heavy (non-hydrogen) atoms. The third-order valence-corrected chi connectivity index (χ3v) is 4.80. The predicted octanol–water partition coefficient (Wildman–Crippen LogP) is 2.16. The number of aryl methyl sites for hydroxylation is 1. The van der Waals surface area contributed by atoms with Crippen LogP contribution in [-0.2, 0) is 11.0 Å². The molecule has 0 radical (unpaired) electrons. The first-order valence-electron chi connectivity index (χ1n) is 5.49. The minimum absolute atomic E-state index is 0.178. The van der Waals surface area contributed by atoms with Crippen LogP contribution in [0.5, 0.6) is 5.88 Å². The van der Waals surface area contributed by atoms with Crippen molar-refractivity contribution >= 4 is 37.8 Å². The predicted molar refractivity (Wildman–Crippen MR) is 81.2 cm³/mol. The molecule has 0 aliphatic carbocycles. The fourth-order valence-electron chi connectivity index (χ4n) is 1.42. The minimum Gasteiger partial charge on any atom is -0.478 e. The summed E-state index contributed by atoms with van der Waals surface area (Å²) in [5.74, 6) is 0.620. The van der Waals surface area contributed by atoms with Crippen LogP contribution in [0.2, 0.25) is 5.15 Å². The molecule has 2 aromatic rings. The van der Waals surface area contributed by atoms with Crippen molar-refractivity contribution in [1.82, 2.24) is 15.0 Å². The molecule has 0 spiro atoms. The molecule has 0 saturated heterocycles. The Balaban J connectivity index is 2.39. The quantitative estimate of drug-likeness (QED) is 0.635. The van der Waals surface area contributed by atoms with Gasteiger partial charge in [-0.3, -0.25) is 4.08 Å². The van der Waals surface area contributed by atoms with Gasteiger partial charge in [-0.2, -0.15) is 0 Å². The average Bonchev–Trinajstić information content (AvgIpc) is 2.46. The summed E-state index contributed by atoms with van der Waals surface area (Å²) < 4.78 is 19.0. The van der Waals surface area contributed by atoms with Gasteiger partial charge in [-0.25, -0.2) is 19.2 Å². The topological polar surface area (TPSA) is 68.2 Å². The zero-order chi connectivity index (χ0) is 14.7. The summed E-state index contributed by atoms with van der Waals surface area (Å²) in [5.41, 5.74) is 0.703. The van der Waals surface area contributed by atoms with Crippen molar-refractivity contribution in [1.29, 1.82) is 0 Å². The summed E-state index contributed by atoms with van der Waals surface area (Å²) >= 11 is 5.94. The Morgan fingerprint density at radius 1 is 1.45 bits per heavy atom. The summed E-state index contributed by atoms with van der Waals surface area (Å²) in [6, 6.07) is 3.30. The lowest BCUT2D eigenvalue weighted by molar-refractivity contribution is 0.397. The summed E-state index contributed by atoms with van der Waals surface area (Å²) in [6.45, 7) is 1.79. The minimum atomic E-state index is -1.59. The van der Waals surface area contributed by atoms with Crippen molar-refractivity contribution in [3.63, 3.8) is 0 Å². The average molecular weight is 331 g/mol. The first kappa shape index (κ1) is 15.1. The maximum atomic E-state index is 12.5. The number of methoxy groups -OCH3 is 1. The van der Waals surface area contributed by atoms with E-state index in [2.05, 4.69) is 24.3 Å². The van der Waals surface area contributed by atoms with E-state index in [1.165, 1.54) is 17.4 Å². The van der Waals surface area contributed by atoms with Gasteiger partial charge < -0.3 is 4.74 Å². The maximum Gasteiger partial charge on any atom is 0.258 e. The lowest BCUT2D eigenvalue weighted by Crippen LogP contribution is -2.17. The van der Waals surface area contributed by atoms with Crippen LogP contribution in [0.4, 0.5) is 5.82 Å². The highest BCUT2D eigenvalue weighted by atomic mass is 35.5. The normalized spacial score (nSPS) is 12.0. The first-order valence-corrected chi connectivity index (χ1v) is 7.49. The van der Waals surface area contributed by atoms with Gasteiger partial charge in [0.25, 0.3) is 5.88 Å². The summed E-state index contributed by atoms with van der Waals surface area (Å²) in [7, 11) is 2.21. The van der Waals surface area contributed by atoms with Crippen LogP contribution in [0.15, 0.2) is 29.4 Å². The van der Waals surface area contributed by atoms with E-state index < -0.39 is 11.0 Å². The summed E-state index contributed by atoms with van der Waals surface area (Å²) in [5, 5.41) is 0.178. The van der Waals surface area contributed by atoms with Gasteiger partial charge >= 0.3 is 0 Å². The summed E-state index contributed by atoms with van der Waals surface area (Å²) in [6.07, 6.45) is 3.10. The zero-order valence-electron chi connectivity index (χ0n) is 10.8. The van der Waals surface area contributed by atoms with Crippen molar-refractivity contribution in [3.05, 3.63) is 35.4 Å². The van der Waals surface area contributed by atoms with E-state index in [0.717, 1.165) is 0 Å². The van der Waals surface area contributed by atoms with Crippen molar-refractivity contribution in [3.8, 4) is 5.88 Å². The Hall–Kier alpha value is -1.30. The molecule has 0 amide bonds. The number of ether oxygens (including phenoxy) is 1. The second-order valence-electron chi connectivity index (χ2n) is 3.71. The number of aromatic nitrogens is 3. The number of pyridine rings is 1. The van der Waals surface area contributed by atoms with Crippen molar-refractivity contribution in [2.45, 2.75) is 11.8 Å². The fourth-order valence-corrected chi connectivity index (χ4v) is 3.14. The molecule has 0 bridgehead atoms. The molecule has 0 fully saturated rings. The van der Waals surface area contributed by atoms with E-state index >= 15 is 0 Å². The fraction of sp³-hybridized carbons (Fsp3) is 0.182. The van der Waals surface area contributed by atoms with Gasteiger partial charge in [0.2, 0.25) is 5.82 Å². The Morgan fingerprint density at radius 2 is 2.20 bits per heavy atom. The van der Waals surface area contributed by atoms with E-state index in [1.807, 2.05) is 0 Å². The Labute approximate surface area is 126 Å². The molecule has 0 aliphatic heterocycles. The van der Waals surface area contributed by atoms with E-state index in [-0.39, 0.29) is 11.0 Å². The van der Waals surface area contributed by atoms with Crippen LogP contribution in [-0.4, -0.2) is 26.3 Å². The van der Waals surface area contributed by atoms with Crippen molar-refractivity contribution in [2.24, 2.45) is 0 Å². The standard InChI is InChI=1S/C11H12ClN4O2PS/c1-7-6-14-10(11(15-7)18-2)16(19)20(17)8-4-3-5-13-9(8)12/h3-6H,19H2,1-2H3. The van der Waals surface area contributed by atoms with Crippen LogP contribution in [0.1, 0.15) is 5.69 Å². The monoisotopic (exact) mass is 330 g/mol. The molecule has 0 aliphatic rings. The Morgan fingerprint density at radius 3 is 2.85 bits per heavy atom. The third-order valence-electron chi connectivity index (χ3n) is 2.34. The van der Waals surface area contributed by atoms with E-state index in [9.17, 15) is 4.21 Å². The molecule has 2 atom stereocenters. The number of anilines is 1. The van der Waals surface area contributed by atoms with Gasteiger partial charge in [0, 0.05) is 6.20 Å². The van der Waals surface area contributed by atoms with Crippen LogP contribution < -0.4 is 8.81 Å². The SMILES string of the molecule is COc1nc(C)cnc1N(P)S(=O)c1cccnc1Cl. The molecule has 6 nitrogen and oxygen atoms in total. The zero-order valence-corrected chi connectivity index (χ0v) is 13.5. The van der Waals surface area contributed by atoms with E-state index in [0.29, 0.717) is 16.4 Å². The van der Waals surface area contributed by atoms with Crippen molar-refractivity contribution < 1.29 is 8.95 Å². The highest BCUT2D eigenvalue weighted by molar-refractivity contribution is 7.90. The van der Waals surface area contributed by atoms with Gasteiger partial charge in [-0.1, -0.05) is 11.6 Å². The molecular formula is C11H12ClN4O2PS. The second-order valence-corrected chi connectivity index (χ2v) is 6.29. The molecule has 0 saturated carbocycles. The van der Waals surface area contributed by atoms with Gasteiger partial charge in [0.15, 0.2) is 11.0 Å². The van der Waals surface area contributed by atoms with Crippen LogP contribution in [0.3, 0.4) is 0 Å². The number of hydrogen-bond acceptors (Lipinski definition) is 5. The van der Waals surface area contributed by atoms with Gasteiger partial charge in [-0.15, -0.1) is 0 Å². The molecule has 106 valence electrons. The van der Waals surface area contributed by atoms with Gasteiger partial charge in [0.05, 0.1) is 23.9 Å². The lowest BCUT2D eigenvalue weighted by atomic mass is 10.5. The number of hydrogen-bond donors (Lipinski definition) is 0. The second kappa shape index (κ2) is 6.43. The molecule has 0 N–H and O–H groups in total. The van der Waals surface area contributed by atoms with Crippen molar-refractivity contribution in [2.75, 3.05) is 11.2 Å². The molecule has 2 heterocycles. The van der Waals surface area contributed by atoms with Gasteiger partial charge in [0.1, 0.15) is 5.15 Å². The molecule has 2 unspecified atom stereocenters. The number of nitrogens with zero attached hydrogens (tertiary/aromatic N) is 4. The molecule has 9 heteroatoms. The third kappa shape index (κ3) is 3.06. The molecule has 2 aromatic heterocycles. The highest BCUT2D eigenvalue weighted by Gasteiger charge is 2.20. The van der Waals surface area contributed by atoms with Crippen LogP contribution in [0, 0.1) is 6.92 Å². The van der Waals surface area contributed by atoms with E-state index in [1.54, 1.807) is 25.3 Å². The van der Waals surface area contributed by atoms with Crippen LogP contribution >= 0.6 is 21.0 Å². The molecule has 0 aromatic carbocycles. The van der Waals surface area contributed by atoms with Crippen LogP contribution in [0.25, 0.3) is 0 Å². The summed E-state index contributed by atoms with van der Waals surface area (Å²) in [4.78, 5) is 12.7. The largest absolute Gasteiger partial charge is 0.478 e.